The molecule has 0 aromatic carbocycles. The zero-order chi connectivity index (χ0) is 12.4. The maximum absolute atomic E-state index is 10.9. The number of carboxylic acid groups (broad SMARTS) is 2. The van der Waals surface area contributed by atoms with E-state index in [4.69, 9.17) is 10.2 Å². The zero-order valence-electron chi connectivity index (χ0n) is 9.69. The summed E-state index contributed by atoms with van der Waals surface area (Å²) in [6, 6.07) is 0. The summed E-state index contributed by atoms with van der Waals surface area (Å²) in [6.45, 7) is 3.70. The van der Waals surface area contributed by atoms with Crippen LogP contribution in [0.5, 0.6) is 0 Å². The highest BCUT2D eigenvalue weighted by Crippen LogP contribution is 2.51. The molecule has 0 bridgehead atoms. The molecule has 4 heteroatoms. The molecule has 0 saturated carbocycles. The van der Waals surface area contributed by atoms with Crippen molar-refractivity contribution in [3.8, 4) is 0 Å². The first-order chi connectivity index (χ1) is 7.29. The standard InChI is InChI=1S/C12H18O4/c1-11(7-9(13)14)5-3-4-6-12(11,2)8-10(15)16/h3,5H,4,6-8H2,1-2H3,(H,13,14)(H,15,16)/t11-,12+/m1/s1. The van der Waals surface area contributed by atoms with Crippen molar-refractivity contribution < 1.29 is 19.8 Å². The van der Waals surface area contributed by atoms with Crippen LogP contribution in [0.2, 0.25) is 0 Å². The summed E-state index contributed by atoms with van der Waals surface area (Å²) in [7, 11) is 0. The summed E-state index contributed by atoms with van der Waals surface area (Å²) in [5, 5.41) is 17.8. The first-order valence-corrected chi connectivity index (χ1v) is 5.40. The summed E-state index contributed by atoms with van der Waals surface area (Å²) in [5.74, 6) is -1.75. The van der Waals surface area contributed by atoms with Crippen molar-refractivity contribution in [1.82, 2.24) is 0 Å². The average Bonchev–Trinajstić information content (AvgIpc) is 2.08. The second kappa shape index (κ2) is 4.28. The van der Waals surface area contributed by atoms with Crippen LogP contribution in [-0.2, 0) is 9.59 Å². The van der Waals surface area contributed by atoms with E-state index in [9.17, 15) is 9.59 Å². The molecule has 16 heavy (non-hydrogen) atoms. The van der Waals surface area contributed by atoms with Gasteiger partial charge >= 0.3 is 11.9 Å². The molecule has 0 fully saturated rings. The molecule has 2 N–H and O–H groups in total. The van der Waals surface area contributed by atoms with E-state index in [0.29, 0.717) is 0 Å². The van der Waals surface area contributed by atoms with Crippen LogP contribution in [0.3, 0.4) is 0 Å². The van der Waals surface area contributed by atoms with Crippen molar-refractivity contribution in [3.05, 3.63) is 12.2 Å². The minimum atomic E-state index is -0.884. The predicted molar refractivity (Wildman–Crippen MR) is 59.1 cm³/mol. The van der Waals surface area contributed by atoms with Gasteiger partial charge in [0.1, 0.15) is 0 Å². The quantitative estimate of drug-likeness (QED) is 0.721. The van der Waals surface area contributed by atoms with Gasteiger partial charge in [-0.1, -0.05) is 26.0 Å². The molecule has 1 aliphatic rings. The number of aliphatic carboxylic acids is 2. The maximum atomic E-state index is 10.9. The van der Waals surface area contributed by atoms with Gasteiger partial charge < -0.3 is 10.2 Å². The molecule has 0 heterocycles. The lowest BCUT2D eigenvalue weighted by Gasteiger charge is -2.45. The largest absolute Gasteiger partial charge is 0.481 e. The van der Waals surface area contributed by atoms with Gasteiger partial charge in [0.15, 0.2) is 0 Å². The van der Waals surface area contributed by atoms with Crippen molar-refractivity contribution in [2.75, 3.05) is 0 Å². The number of rotatable bonds is 4. The van der Waals surface area contributed by atoms with Gasteiger partial charge in [0.25, 0.3) is 0 Å². The van der Waals surface area contributed by atoms with Gasteiger partial charge in [-0.05, 0) is 18.3 Å². The Hall–Kier alpha value is -1.32. The lowest BCUT2D eigenvalue weighted by atomic mass is 9.58. The lowest BCUT2D eigenvalue weighted by molar-refractivity contribution is -0.146. The molecule has 1 aliphatic carbocycles. The number of carbonyl (C=O) groups is 2. The first-order valence-electron chi connectivity index (χ1n) is 5.40. The van der Waals surface area contributed by atoms with Crippen molar-refractivity contribution in [3.63, 3.8) is 0 Å². The van der Waals surface area contributed by atoms with E-state index in [-0.39, 0.29) is 12.8 Å². The first kappa shape index (κ1) is 12.7. The fourth-order valence-corrected chi connectivity index (χ4v) is 2.44. The predicted octanol–water partition coefficient (Wildman–Crippen LogP) is 2.30. The van der Waals surface area contributed by atoms with Gasteiger partial charge in [-0.25, -0.2) is 0 Å². The minimum absolute atomic E-state index is 0.0150. The Morgan fingerprint density at radius 3 is 2.25 bits per heavy atom. The van der Waals surface area contributed by atoms with Crippen LogP contribution in [0.15, 0.2) is 12.2 Å². The maximum Gasteiger partial charge on any atom is 0.304 e. The topological polar surface area (TPSA) is 74.6 Å². The van der Waals surface area contributed by atoms with Crippen LogP contribution in [0.1, 0.15) is 39.5 Å². The van der Waals surface area contributed by atoms with E-state index in [1.54, 1.807) is 0 Å². The summed E-state index contributed by atoms with van der Waals surface area (Å²) in [5.41, 5.74) is -1.05. The van der Waals surface area contributed by atoms with Crippen LogP contribution >= 0.6 is 0 Å². The Labute approximate surface area is 95.0 Å². The monoisotopic (exact) mass is 226 g/mol. The molecule has 4 nitrogen and oxygen atoms in total. The van der Waals surface area contributed by atoms with Gasteiger partial charge in [0.2, 0.25) is 0 Å². The molecule has 0 aromatic heterocycles. The summed E-state index contributed by atoms with van der Waals surface area (Å²) in [4.78, 5) is 21.7. The van der Waals surface area contributed by atoms with Gasteiger partial charge in [-0.15, -0.1) is 0 Å². The number of allylic oxidation sites excluding steroid dienone is 2. The van der Waals surface area contributed by atoms with Gasteiger partial charge in [-0.3, -0.25) is 9.59 Å². The molecule has 90 valence electrons. The lowest BCUT2D eigenvalue weighted by Crippen LogP contribution is -2.41. The van der Waals surface area contributed by atoms with Crippen molar-refractivity contribution >= 4 is 11.9 Å². The van der Waals surface area contributed by atoms with E-state index in [2.05, 4.69) is 0 Å². The SMILES string of the molecule is C[C@@]1(CC(=O)O)CCC=C[C@]1(C)CC(=O)O. The van der Waals surface area contributed by atoms with E-state index in [1.165, 1.54) is 0 Å². The third-order valence-corrected chi connectivity index (χ3v) is 3.79. The van der Waals surface area contributed by atoms with E-state index < -0.39 is 22.8 Å². The van der Waals surface area contributed by atoms with Crippen LogP contribution < -0.4 is 0 Å². The molecule has 1 rings (SSSR count). The Bertz CT molecular complexity index is 334. The molecule has 0 unspecified atom stereocenters. The molecule has 0 aromatic rings. The molecule has 0 radical (unpaired) electrons. The Balaban J connectivity index is 3.00. The number of hydrogen-bond acceptors (Lipinski definition) is 2. The molecule has 2 atom stereocenters. The second-order valence-electron chi connectivity index (χ2n) is 5.06. The van der Waals surface area contributed by atoms with E-state index in [1.807, 2.05) is 26.0 Å². The Morgan fingerprint density at radius 2 is 1.75 bits per heavy atom. The van der Waals surface area contributed by atoms with E-state index >= 15 is 0 Å². The highest BCUT2D eigenvalue weighted by atomic mass is 16.4. The van der Waals surface area contributed by atoms with Gasteiger partial charge in [0, 0.05) is 5.41 Å². The Morgan fingerprint density at radius 1 is 1.19 bits per heavy atom. The van der Waals surface area contributed by atoms with Gasteiger partial charge in [-0.2, -0.15) is 0 Å². The third kappa shape index (κ3) is 2.43. The van der Waals surface area contributed by atoms with Gasteiger partial charge in [0.05, 0.1) is 12.8 Å². The normalized spacial score (nSPS) is 33.6. The van der Waals surface area contributed by atoms with Crippen molar-refractivity contribution in [2.24, 2.45) is 10.8 Å². The molecular weight excluding hydrogens is 208 g/mol. The summed E-state index contributed by atoms with van der Waals surface area (Å²) >= 11 is 0. The highest BCUT2D eigenvalue weighted by Gasteiger charge is 2.46. The van der Waals surface area contributed by atoms with Crippen LogP contribution in [-0.4, -0.2) is 22.2 Å². The Kier molecular flexibility index (Phi) is 3.41. The fourth-order valence-electron chi connectivity index (χ4n) is 2.44. The number of carboxylic acids is 2. The minimum Gasteiger partial charge on any atom is -0.481 e. The van der Waals surface area contributed by atoms with Crippen molar-refractivity contribution in [2.45, 2.75) is 39.5 Å². The van der Waals surface area contributed by atoms with Crippen molar-refractivity contribution in [1.29, 1.82) is 0 Å². The average molecular weight is 226 g/mol. The second-order valence-corrected chi connectivity index (χ2v) is 5.06. The van der Waals surface area contributed by atoms with Crippen LogP contribution in [0.25, 0.3) is 0 Å². The summed E-state index contributed by atoms with van der Waals surface area (Å²) < 4.78 is 0. The van der Waals surface area contributed by atoms with Crippen LogP contribution in [0, 0.1) is 10.8 Å². The summed E-state index contributed by atoms with van der Waals surface area (Å²) in [6.07, 6.45) is 5.35. The molecular formula is C12H18O4. The fraction of sp³-hybridized carbons (Fsp3) is 0.667. The molecule has 0 amide bonds. The number of hydrogen-bond donors (Lipinski definition) is 2. The van der Waals surface area contributed by atoms with Crippen LogP contribution in [0.4, 0.5) is 0 Å². The molecule has 0 spiro atoms. The zero-order valence-corrected chi connectivity index (χ0v) is 9.69. The third-order valence-electron chi connectivity index (χ3n) is 3.79. The highest BCUT2D eigenvalue weighted by molar-refractivity contribution is 5.70. The molecule has 0 saturated heterocycles. The molecule has 0 aliphatic heterocycles. The smallest absolute Gasteiger partial charge is 0.304 e. The van der Waals surface area contributed by atoms with E-state index in [0.717, 1.165) is 12.8 Å².